The highest BCUT2D eigenvalue weighted by molar-refractivity contribution is 7.07. The van der Waals surface area contributed by atoms with E-state index in [2.05, 4.69) is 28.5 Å². The Kier molecular flexibility index (Phi) is 2.38. The molecular weight excluding hydrogens is 220 g/mol. The SMILES string of the molecule is O=c1[nH]c(-c2ccc3c(c2)CCNC3)cs1. The van der Waals surface area contributed by atoms with Crippen molar-refractivity contribution < 1.29 is 0 Å². The third kappa shape index (κ3) is 1.70. The third-order valence-corrected chi connectivity index (χ3v) is 3.59. The van der Waals surface area contributed by atoms with Gasteiger partial charge in [0, 0.05) is 11.9 Å². The quantitative estimate of drug-likeness (QED) is 0.786. The summed E-state index contributed by atoms with van der Waals surface area (Å²) in [6.45, 7) is 1.99. The summed E-state index contributed by atoms with van der Waals surface area (Å²) in [5, 5.41) is 5.23. The second-order valence-electron chi connectivity index (χ2n) is 3.97. The van der Waals surface area contributed by atoms with Gasteiger partial charge in [-0.25, -0.2) is 0 Å². The number of hydrogen-bond donors (Lipinski definition) is 2. The van der Waals surface area contributed by atoms with Gasteiger partial charge in [-0.3, -0.25) is 4.79 Å². The Balaban J connectivity index is 2.06. The number of aromatic amines is 1. The third-order valence-electron chi connectivity index (χ3n) is 2.92. The zero-order valence-electron chi connectivity index (χ0n) is 8.75. The van der Waals surface area contributed by atoms with Crippen LogP contribution in [0.15, 0.2) is 28.4 Å². The molecule has 2 N–H and O–H groups in total. The van der Waals surface area contributed by atoms with Gasteiger partial charge in [-0.15, -0.1) is 0 Å². The fraction of sp³-hybridized carbons (Fsp3) is 0.250. The van der Waals surface area contributed by atoms with Gasteiger partial charge in [0.1, 0.15) is 0 Å². The topological polar surface area (TPSA) is 44.9 Å². The molecular formula is C12H12N2OS. The molecule has 2 heterocycles. The van der Waals surface area contributed by atoms with Gasteiger partial charge in [0.15, 0.2) is 0 Å². The van der Waals surface area contributed by atoms with E-state index in [0.29, 0.717) is 0 Å². The number of hydrogen-bond acceptors (Lipinski definition) is 3. The lowest BCUT2D eigenvalue weighted by Gasteiger charge is -2.17. The predicted molar refractivity (Wildman–Crippen MR) is 65.8 cm³/mol. The normalized spacial score (nSPS) is 14.8. The first-order valence-electron chi connectivity index (χ1n) is 5.33. The lowest BCUT2D eigenvalue weighted by molar-refractivity contribution is 0.644. The first kappa shape index (κ1) is 9.81. The highest BCUT2D eigenvalue weighted by Crippen LogP contribution is 2.22. The number of nitrogens with one attached hydrogen (secondary N) is 2. The Labute approximate surface area is 97.1 Å². The fourth-order valence-electron chi connectivity index (χ4n) is 2.07. The van der Waals surface area contributed by atoms with Crippen molar-refractivity contribution in [3.63, 3.8) is 0 Å². The molecule has 82 valence electrons. The molecule has 3 nitrogen and oxygen atoms in total. The van der Waals surface area contributed by atoms with E-state index in [-0.39, 0.29) is 4.87 Å². The Hall–Kier alpha value is -1.39. The van der Waals surface area contributed by atoms with Gasteiger partial charge in [0.2, 0.25) is 0 Å². The fourth-order valence-corrected chi connectivity index (χ4v) is 2.66. The van der Waals surface area contributed by atoms with Crippen LogP contribution in [0.25, 0.3) is 11.3 Å². The van der Waals surface area contributed by atoms with Crippen LogP contribution in [0.4, 0.5) is 0 Å². The summed E-state index contributed by atoms with van der Waals surface area (Å²) >= 11 is 1.21. The molecule has 1 aliphatic rings. The summed E-state index contributed by atoms with van der Waals surface area (Å²) in [6, 6.07) is 6.41. The van der Waals surface area contributed by atoms with E-state index in [0.717, 1.165) is 30.8 Å². The summed E-state index contributed by atoms with van der Waals surface area (Å²) in [7, 11) is 0. The van der Waals surface area contributed by atoms with E-state index >= 15 is 0 Å². The lowest BCUT2D eigenvalue weighted by atomic mass is 9.98. The van der Waals surface area contributed by atoms with E-state index < -0.39 is 0 Å². The summed E-state index contributed by atoms with van der Waals surface area (Å²) < 4.78 is 0. The Morgan fingerprint density at radius 1 is 1.25 bits per heavy atom. The van der Waals surface area contributed by atoms with E-state index in [1.807, 2.05) is 5.38 Å². The minimum absolute atomic E-state index is 0.00869. The van der Waals surface area contributed by atoms with Gasteiger partial charge < -0.3 is 10.3 Å². The molecule has 2 aromatic rings. The molecule has 0 spiro atoms. The van der Waals surface area contributed by atoms with Crippen LogP contribution in [0.1, 0.15) is 11.1 Å². The molecule has 16 heavy (non-hydrogen) atoms. The first-order valence-corrected chi connectivity index (χ1v) is 6.21. The van der Waals surface area contributed by atoms with Crippen molar-refractivity contribution >= 4 is 11.3 Å². The summed E-state index contributed by atoms with van der Waals surface area (Å²) in [5.74, 6) is 0. The average Bonchev–Trinajstić information content (AvgIpc) is 2.75. The number of H-pyrrole nitrogens is 1. The van der Waals surface area contributed by atoms with Gasteiger partial charge in [0.25, 0.3) is 0 Å². The molecule has 0 saturated heterocycles. The van der Waals surface area contributed by atoms with Crippen LogP contribution in [0.5, 0.6) is 0 Å². The molecule has 0 fully saturated rings. The van der Waals surface area contributed by atoms with Crippen LogP contribution in [0.2, 0.25) is 0 Å². The van der Waals surface area contributed by atoms with Gasteiger partial charge in [-0.05, 0) is 35.7 Å². The van der Waals surface area contributed by atoms with Gasteiger partial charge in [0.05, 0.1) is 5.69 Å². The molecule has 1 aliphatic heterocycles. The maximum absolute atomic E-state index is 11.1. The molecule has 0 unspecified atom stereocenters. The first-order chi connectivity index (χ1) is 7.83. The minimum atomic E-state index is 0.00869. The van der Waals surface area contributed by atoms with Crippen molar-refractivity contribution in [1.29, 1.82) is 0 Å². The van der Waals surface area contributed by atoms with Crippen molar-refractivity contribution in [2.24, 2.45) is 0 Å². The summed E-state index contributed by atoms with van der Waals surface area (Å²) in [5.41, 5.74) is 4.80. The predicted octanol–water partition coefficient (Wildman–Crippen LogP) is 1.75. The summed E-state index contributed by atoms with van der Waals surface area (Å²) in [4.78, 5) is 14.0. The zero-order valence-corrected chi connectivity index (χ0v) is 9.56. The molecule has 0 atom stereocenters. The van der Waals surface area contributed by atoms with Crippen molar-refractivity contribution in [3.05, 3.63) is 44.4 Å². The number of benzene rings is 1. The van der Waals surface area contributed by atoms with Crippen LogP contribution in [0, 0.1) is 0 Å². The van der Waals surface area contributed by atoms with Crippen molar-refractivity contribution in [1.82, 2.24) is 10.3 Å². The van der Waals surface area contributed by atoms with Crippen molar-refractivity contribution in [2.45, 2.75) is 13.0 Å². The molecule has 3 rings (SSSR count). The molecule has 1 aromatic carbocycles. The number of thiazole rings is 1. The lowest BCUT2D eigenvalue weighted by Crippen LogP contribution is -2.23. The van der Waals surface area contributed by atoms with E-state index in [9.17, 15) is 4.79 Å². The molecule has 0 radical (unpaired) electrons. The molecule has 0 saturated carbocycles. The molecule has 1 aromatic heterocycles. The van der Waals surface area contributed by atoms with Crippen molar-refractivity contribution in [3.8, 4) is 11.3 Å². The van der Waals surface area contributed by atoms with Crippen LogP contribution in [-0.2, 0) is 13.0 Å². The minimum Gasteiger partial charge on any atom is -0.312 e. The Bertz CT molecular complexity index is 570. The van der Waals surface area contributed by atoms with E-state index in [1.165, 1.54) is 22.5 Å². The highest BCUT2D eigenvalue weighted by atomic mass is 32.1. The molecule has 0 bridgehead atoms. The van der Waals surface area contributed by atoms with Crippen LogP contribution >= 0.6 is 11.3 Å². The standard InChI is InChI=1S/C12H12N2OS/c15-12-14-11(7-16-12)9-1-2-10-6-13-4-3-8(10)5-9/h1-2,5,7,13H,3-4,6H2,(H,14,15). The largest absolute Gasteiger partial charge is 0.312 e. The second kappa shape index (κ2) is 3.88. The zero-order chi connectivity index (χ0) is 11.0. The van der Waals surface area contributed by atoms with Gasteiger partial charge in [-0.1, -0.05) is 23.5 Å². The number of aromatic nitrogens is 1. The maximum Gasteiger partial charge on any atom is 0.304 e. The van der Waals surface area contributed by atoms with Crippen LogP contribution in [0.3, 0.4) is 0 Å². The Morgan fingerprint density at radius 2 is 2.19 bits per heavy atom. The highest BCUT2D eigenvalue weighted by Gasteiger charge is 2.10. The van der Waals surface area contributed by atoms with Crippen LogP contribution < -0.4 is 10.2 Å². The summed E-state index contributed by atoms with van der Waals surface area (Å²) in [6.07, 6.45) is 1.07. The molecule has 0 aliphatic carbocycles. The Morgan fingerprint density at radius 3 is 3.00 bits per heavy atom. The average molecular weight is 232 g/mol. The van der Waals surface area contributed by atoms with E-state index in [1.54, 1.807) is 0 Å². The smallest absolute Gasteiger partial charge is 0.304 e. The number of fused-ring (bicyclic) bond motifs is 1. The maximum atomic E-state index is 11.1. The van der Waals surface area contributed by atoms with Gasteiger partial charge in [-0.2, -0.15) is 0 Å². The molecule has 0 amide bonds. The van der Waals surface area contributed by atoms with Crippen molar-refractivity contribution in [2.75, 3.05) is 6.54 Å². The van der Waals surface area contributed by atoms with Crippen LogP contribution in [-0.4, -0.2) is 11.5 Å². The monoisotopic (exact) mass is 232 g/mol. The van der Waals surface area contributed by atoms with Gasteiger partial charge >= 0.3 is 4.87 Å². The number of rotatable bonds is 1. The van der Waals surface area contributed by atoms with E-state index in [4.69, 9.17) is 0 Å². The second-order valence-corrected chi connectivity index (χ2v) is 4.81. The molecule has 4 heteroatoms.